The van der Waals surface area contributed by atoms with Gasteiger partial charge in [0.2, 0.25) is 0 Å². The Labute approximate surface area is 175 Å². The molecule has 1 atom stereocenters. The van der Waals surface area contributed by atoms with Crippen molar-refractivity contribution >= 4 is 51.2 Å². The number of carbonyl (C=O) groups is 1. The fourth-order valence-electron chi connectivity index (χ4n) is 1.28. The van der Waals surface area contributed by atoms with Crippen molar-refractivity contribution in [2.24, 2.45) is 5.84 Å². The molecule has 14 nitrogen and oxygen atoms in total. The summed E-state index contributed by atoms with van der Waals surface area (Å²) in [6.07, 6.45) is 0.0900. The molecule has 0 unspecified atom stereocenters. The zero-order valence-electron chi connectivity index (χ0n) is 13.2. The van der Waals surface area contributed by atoms with E-state index in [0.717, 1.165) is 0 Å². The van der Waals surface area contributed by atoms with Gasteiger partial charge in [-0.1, -0.05) is 6.07 Å². The number of hydrazine groups is 1. The van der Waals surface area contributed by atoms with Crippen LogP contribution in [0.2, 0.25) is 0 Å². The second kappa shape index (κ2) is 12.8. The van der Waals surface area contributed by atoms with E-state index in [4.69, 9.17) is 54.5 Å². The van der Waals surface area contributed by atoms with Crippen LogP contribution in [0.5, 0.6) is 11.5 Å². The Kier molecular flexibility index (Phi) is 14.8. The zero-order chi connectivity index (χ0) is 21.3. The fraction of sp³-hybridized carbons (Fsp3) is 0.300. The minimum atomic E-state index is -4.64. The van der Waals surface area contributed by atoms with Gasteiger partial charge in [0.25, 0.3) is 0 Å². The van der Waals surface area contributed by atoms with Crippen LogP contribution in [0.4, 0.5) is 0 Å². The monoisotopic (exact) mass is 446 g/mol. The first-order valence-corrected chi connectivity index (χ1v) is 9.30. The van der Waals surface area contributed by atoms with E-state index < -0.39 is 27.2 Å². The van der Waals surface area contributed by atoms with Crippen LogP contribution in [0.15, 0.2) is 18.2 Å². The Morgan fingerprint density at radius 3 is 1.67 bits per heavy atom. The summed E-state index contributed by atoms with van der Waals surface area (Å²) in [5.41, 5.74) is 1.45. The maximum atomic E-state index is 11.0. The molecule has 0 spiro atoms. The van der Waals surface area contributed by atoms with Crippen LogP contribution in [0.1, 0.15) is 12.5 Å². The molecule has 27 heavy (non-hydrogen) atoms. The van der Waals surface area contributed by atoms with Crippen LogP contribution >= 0.6 is 15.6 Å². The summed E-state index contributed by atoms with van der Waals surface area (Å²) in [4.78, 5) is 54.1. The summed E-state index contributed by atoms with van der Waals surface area (Å²) in [6.45, 7) is 1.43. The van der Waals surface area contributed by atoms with Crippen LogP contribution in [-0.4, -0.2) is 85.7 Å². The number of phenols is 2. The van der Waals surface area contributed by atoms with E-state index in [2.05, 4.69) is 5.43 Å². The molecule has 1 aromatic carbocycles. The summed E-state index contributed by atoms with van der Waals surface area (Å²) < 4.78 is 17.8. The molecule has 0 bridgehead atoms. The van der Waals surface area contributed by atoms with Gasteiger partial charge in [-0.2, -0.15) is 0 Å². The normalized spacial score (nSPS) is 12.9. The van der Waals surface area contributed by atoms with Crippen LogP contribution in [0, 0.1) is 0 Å². The van der Waals surface area contributed by atoms with E-state index in [0.29, 0.717) is 5.56 Å². The summed E-state index contributed by atoms with van der Waals surface area (Å²) in [5, 5.41) is 27.3. The Morgan fingerprint density at radius 1 is 1.04 bits per heavy atom. The summed E-state index contributed by atoms with van der Waals surface area (Å²) in [7, 11) is -9.28. The summed E-state index contributed by atoms with van der Waals surface area (Å²) in [5.74, 6) is 3.55. The molecule has 0 aromatic heterocycles. The SMILES string of the molecule is C[C@@](Cc1ccc(O)c(O)c1)(NN)C(=O)O.O=P(O)(O)O.O=P(O)(O)O.[NaH]. The third-order valence-electron chi connectivity index (χ3n) is 2.39. The first-order valence-electron chi connectivity index (χ1n) is 6.17. The molecule has 0 saturated heterocycles. The van der Waals surface area contributed by atoms with Gasteiger partial charge in [-0.3, -0.25) is 10.6 Å². The fourth-order valence-corrected chi connectivity index (χ4v) is 1.28. The van der Waals surface area contributed by atoms with E-state index in [-0.39, 0.29) is 47.5 Å². The second-order valence-electron chi connectivity index (χ2n) is 4.81. The second-order valence-corrected chi connectivity index (χ2v) is 6.86. The van der Waals surface area contributed by atoms with Gasteiger partial charge in [-0.15, -0.1) is 0 Å². The molecule has 0 aliphatic heterocycles. The first kappa shape index (κ1) is 31.1. The predicted molar refractivity (Wildman–Crippen MR) is 92.5 cm³/mol. The molecule has 17 heteroatoms. The Balaban J connectivity index is -0.000000436. The van der Waals surface area contributed by atoms with Gasteiger partial charge >= 0.3 is 51.2 Å². The Morgan fingerprint density at radius 2 is 1.41 bits per heavy atom. The number of carboxylic acid groups (broad SMARTS) is 1. The van der Waals surface area contributed by atoms with E-state index in [9.17, 15) is 9.90 Å². The molecule has 0 saturated carbocycles. The van der Waals surface area contributed by atoms with E-state index in [1.807, 2.05) is 0 Å². The number of aliphatic carboxylic acids is 1. The van der Waals surface area contributed by atoms with Gasteiger partial charge in [0.1, 0.15) is 5.54 Å². The van der Waals surface area contributed by atoms with Crippen molar-refractivity contribution in [3.05, 3.63) is 23.8 Å². The quantitative estimate of drug-likeness (QED) is 0.0747. The maximum absolute atomic E-state index is 11.0. The minimum absolute atomic E-state index is 0. The van der Waals surface area contributed by atoms with Gasteiger partial charge in [0.15, 0.2) is 11.5 Å². The van der Waals surface area contributed by atoms with Crippen molar-refractivity contribution < 1.29 is 58.6 Å². The molecule has 0 heterocycles. The van der Waals surface area contributed by atoms with Gasteiger partial charge in [-0.25, -0.2) is 14.6 Å². The van der Waals surface area contributed by atoms with Gasteiger partial charge in [0.05, 0.1) is 0 Å². The number of benzene rings is 1. The predicted octanol–water partition coefficient (Wildman–Crippen LogP) is -2.56. The standard InChI is InChI=1S/C10H14N2O4.Na.2H3O4P.H/c1-10(12-11,9(15)16)5-6-2-3-7(13)8(14)4-6;;2*1-5(2,3)4;/h2-4,12-14H,5,11H2,1H3,(H,15,16);;2*(H3,1,2,3,4);/t10-;;;;/m0..../s1. The van der Waals surface area contributed by atoms with Crippen molar-refractivity contribution in [2.75, 3.05) is 0 Å². The third-order valence-corrected chi connectivity index (χ3v) is 2.39. The van der Waals surface area contributed by atoms with Gasteiger partial charge < -0.3 is 44.7 Å². The Hall–Kier alpha value is -0.570. The first-order chi connectivity index (χ1) is 11.4. The molecule has 0 aliphatic carbocycles. The van der Waals surface area contributed by atoms with Crippen molar-refractivity contribution in [2.45, 2.75) is 18.9 Å². The number of nitrogens with two attached hydrogens (primary N) is 1. The average molecular weight is 446 g/mol. The number of hydrogen-bond acceptors (Lipinski definition) is 7. The van der Waals surface area contributed by atoms with Crippen molar-refractivity contribution in [3.63, 3.8) is 0 Å². The number of hydrogen-bond donors (Lipinski definition) is 11. The number of carboxylic acids is 1. The molecule has 154 valence electrons. The Bertz CT molecular complexity index is 656. The van der Waals surface area contributed by atoms with E-state index >= 15 is 0 Å². The molecule has 0 fully saturated rings. The van der Waals surface area contributed by atoms with E-state index in [1.54, 1.807) is 0 Å². The van der Waals surface area contributed by atoms with Crippen molar-refractivity contribution in [3.8, 4) is 11.5 Å². The molecular weight excluding hydrogens is 425 g/mol. The molecule has 1 aromatic rings. The molecule has 0 aliphatic rings. The summed E-state index contributed by atoms with van der Waals surface area (Å²) in [6, 6.07) is 4.12. The van der Waals surface area contributed by atoms with Crippen LogP contribution in [-0.2, 0) is 20.3 Å². The zero-order valence-corrected chi connectivity index (χ0v) is 14.9. The molecule has 1 rings (SSSR count). The molecule has 0 radical (unpaired) electrons. The van der Waals surface area contributed by atoms with Crippen LogP contribution in [0.3, 0.4) is 0 Å². The molecule has 0 amide bonds. The number of rotatable bonds is 4. The number of nitrogens with one attached hydrogen (secondary N) is 1. The van der Waals surface area contributed by atoms with E-state index in [1.165, 1.54) is 25.1 Å². The average Bonchev–Trinajstić information content (AvgIpc) is 2.39. The molecular formula is C10H21N2NaO12P2. The summed E-state index contributed by atoms with van der Waals surface area (Å²) >= 11 is 0. The number of phosphoric acid groups is 2. The molecule has 12 N–H and O–H groups in total. The van der Waals surface area contributed by atoms with Crippen molar-refractivity contribution in [1.82, 2.24) is 5.43 Å². The third kappa shape index (κ3) is 20.0. The number of aromatic hydroxyl groups is 2. The topological polar surface area (TPSA) is 271 Å². The number of phenolic OH excluding ortho intramolecular Hbond substituents is 2. The van der Waals surface area contributed by atoms with Crippen molar-refractivity contribution in [1.29, 1.82) is 0 Å². The van der Waals surface area contributed by atoms with Gasteiger partial charge in [0, 0.05) is 6.42 Å². The van der Waals surface area contributed by atoms with Crippen LogP contribution in [0.25, 0.3) is 0 Å². The van der Waals surface area contributed by atoms with Gasteiger partial charge in [-0.05, 0) is 24.6 Å². The van der Waals surface area contributed by atoms with Crippen LogP contribution < -0.4 is 11.3 Å².